The molecule has 1 heterocycles. The van der Waals surface area contributed by atoms with Crippen LogP contribution in [-0.2, 0) is 0 Å². The normalized spacial score (nSPS) is 10.4. The van der Waals surface area contributed by atoms with Gasteiger partial charge in [0.1, 0.15) is 10.2 Å². The molecule has 0 fully saturated rings. The van der Waals surface area contributed by atoms with Gasteiger partial charge in [0.2, 0.25) is 0 Å². The highest BCUT2D eigenvalue weighted by atomic mass is 35.5. The van der Waals surface area contributed by atoms with Gasteiger partial charge >= 0.3 is 0 Å². The maximum atomic E-state index is 5.92. The summed E-state index contributed by atoms with van der Waals surface area (Å²) < 4.78 is 0. The Labute approximate surface area is 113 Å². The van der Waals surface area contributed by atoms with E-state index in [0.29, 0.717) is 15.2 Å². The molecule has 16 heavy (non-hydrogen) atoms. The first kappa shape index (κ1) is 12.1. The fraction of sp³-hybridized carbons (Fsp3) is 0. The van der Waals surface area contributed by atoms with Gasteiger partial charge in [0, 0.05) is 4.90 Å². The number of hydrogen-bond acceptors (Lipinski definition) is 2. The molecule has 2 rings (SSSR count). The standard InChI is InChI=1S/C11H6Cl3NS/c12-8-5-4-7(6-9(8)13)16-11-3-1-2-10(14)15-11/h1-6H. The summed E-state index contributed by atoms with van der Waals surface area (Å²) in [6.07, 6.45) is 0. The van der Waals surface area contributed by atoms with Crippen LogP contribution in [-0.4, -0.2) is 4.98 Å². The minimum absolute atomic E-state index is 0.477. The summed E-state index contributed by atoms with van der Waals surface area (Å²) >= 11 is 19.0. The van der Waals surface area contributed by atoms with Crippen LogP contribution in [0.25, 0.3) is 0 Å². The van der Waals surface area contributed by atoms with E-state index in [0.717, 1.165) is 9.92 Å². The molecule has 0 unspecified atom stereocenters. The van der Waals surface area contributed by atoms with Crippen molar-refractivity contribution in [1.29, 1.82) is 0 Å². The number of hydrogen-bond donors (Lipinski definition) is 0. The summed E-state index contributed by atoms with van der Waals surface area (Å²) in [7, 11) is 0. The second kappa shape index (κ2) is 5.28. The number of halogens is 3. The Bertz CT molecular complexity index is 516. The lowest BCUT2D eigenvalue weighted by molar-refractivity contribution is 1.13. The molecule has 2 aromatic rings. The van der Waals surface area contributed by atoms with Crippen LogP contribution in [0.2, 0.25) is 15.2 Å². The number of aromatic nitrogens is 1. The van der Waals surface area contributed by atoms with Gasteiger partial charge in [-0.05, 0) is 30.3 Å². The summed E-state index contributed by atoms with van der Waals surface area (Å²) in [5.41, 5.74) is 0. The van der Waals surface area contributed by atoms with E-state index in [1.165, 1.54) is 11.8 Å². The average Bonchev–Trinajstić information content (AvgIpc) is 2.24. The van der Waals surface area contributed by atoms with Crippen LogP contribution in [0, 0.1) is 0 Å². The van der Waals surface area contributed by atoms with Crippen molar-refractivity contribution in [2.75, 3.05) is 0 Å². The van der Waals surface area contributed by atoms with Gasteiger partial charge in [0.15, 0.2) is 0 Å². The third-order valence-corrected chi connectivity index (χ3v) is 3.68. The molecule has 0 aliphatic rings. The van der Waals surface area contributed by atoms with Crippen LogP contribution >= 0.6 is 46.6 Å². The molecule has 0 N–H and O–H groups in total. The molecule has 0 saturated carbocycles. The first-order valence-corrected chi connectivity index (χ1v) is 6.35. The van der Waals surface area contributed by atoms with E-state index in [4.69, 9.17) is 34.8 Å². The van der Waals surface area contributed by atoms with Gasteiger partial charge in [0.25, 0.3) is 0 Å². The SMILES string of the molecule is Clc1cccc(Sc2ccc(Cl)c(Cl)c2)n1. The third-order valence-electron chi connectivity index (χ3n) is 1.80. The van der Waals surface area contributed by atoms with Crippen molar-refractivity contribution in [2.45, 2.75) is 9.92 Å². The van der Waals surface area contributed by atoms with Crippen molar-refractivity contribution in [1.82, 2.24) is 4.98 Å². The van der Waals surface area contributed by atoms with Crippen molar-refractivity contribution in [3.8, 4) is 0 Å². The Morgan fingerprint density at radius 1 is 0.938 bits per heavy atom. The van der Waals surface area contributed by atoms with Gasteiger partial charge in [-0.2, -0.15) is 0 Å². The molecule has 1 aromatic heterocycles. The van der Waals surface area contributed by atoms with Crippen molar-refractivity contribution in [3.63, 3.8) is 0 Å². The molecule has 0 atom stereocenters. The molecular formula is C11H6Cl3NS. The van der Waals surface area contributed by atoms with Gasteiger partial charge in [-0.1, -0.05) is 52.6 Å². The first-order chi connectivity index (χ1) is 7.65. The quantitative estimate of drug-likeness (QED) is 0.706. The monoisotopic (exact) mass is 289 g/mol. The van der Waals surface area contributed by atoms with Gasteiger partial charge in [-0.3, -0.25) is 0 Å². The summed E-state index contributed by atoms with van der Waals surface area (Å²) in [5.74, 6) is 0. The Balaban J connectivity index is 2.24. The number of nitrogens with zero attached hydrogens (tertiary/aromatic N) is 1. The highest BCUT2D eigenvalue weighted by Gasteiger charge is 2.02. The molecular weight excluding hydrogens is 285 g/mol. The van der Waals surface area contributed by atoms with E-state index in [2.05, 4.69) is 4.98 Å². The lowest BCUT2D eigenvalue weighted by atomic mass is 10.4. The van der Waals surface area contributed by atoms with E-state index in [1.807, 2.05) is 18.2 Å². The van der Waals surface area contributed by atoms with E-state index >= 15 is 0 Å². The van der Waals surface area contributed by atoms with E-state index in [1.54, 1.807) is 18.2 Å². The van der Waals surface area contributed by atoms with Gasteiger partial charge in [-0.25, -0.2) is 4.98 Å². The molecule has 0 amide bonds. The molecule has 0 spiro atoms. The van der Waals surface area contributed by atoms with Crippen LogP contribution in [0.4, 0.5) is 0 Å². The summed E-state index contributed by atoms with van der Waals surface area (Å²) in [4.78, 5) is 5.15. The fourth-order valence-electron chi connectivity index (χ4n) is 1.11. The Hall–Kier alpha value is -0.410. The van der Waals surface area contributed by atoms with Crippen LogP contribution < -0.4 is 0 Å². The average molecular weight is 291 g/mol. The molecule has 1 nitrogen and oxygen atoms in total. The smallest absolute Gasteiger partial charge is 0.130 e. The zero-order chi connectivity index (χ0) is 11.5. The molecule has 0 bridgehead atoms. The van der Waals surface area contributed by atoms with Crippen molar-refractivity contribution in [3.05, 3.63) is 51.6 Å². The summed E-state index contributed by atoms with van der Waals surface area (Å²) in [6, 6.07) is 10.9. The van der Waals surface area contributed by atoms with E-state index in [9.17, 15) is 0 Å². The predicted octanol–water partition coefficient (Wildman–Crippen LogP) is 5.19. The molecule has 1 aromatic carbocycles. The molecule has 0 radical (unpaired) electrons. The molecule has 5 heteroatoms. The lowest BCUT2D eigenvalue weighted by Gasteiger charge is -2.02. The molecule has 82 valence electrons. The van der Waals surface area contributed by atoms with Crippen LogP contribution in [0.1, 0.15) is 0 Å². The highest BCUT2D eigenvalue weighted by molar-refractivity contribution is 7.99. The van der Waals surface area contributed by atoms with E-state index in [-0.39, 0.29) is 0 Å². The minimum atomic E-state index is 0.477. The van der Waals surface area contributed by atoms with Gasteiger partial charge in [0.05, 0.1) is 10.0 Å². The maximum Gasteiger partial charge on any atom is 0.130 e. The maximum absolute atomic E-state index is 5.92. The largest absolute Gasteiger partial charge is 0.229 e. The zero-order valence-electron chi connectivity index (χ0n) is 7.95. The number of rotatable bonds is 2. The summed E-state index contributed by atoms with van der Waals surface area (Å²) in [6.45, 7) is 0. The Morgan fingerprint density at radius 3 is 2.44 bits per heavy atom. The van der Waals surface area contributed by atoms with Crippen LogP contribution in [0.3, 0.4) is 0 Å². The fourth-order valence-corrected chi connectivity index (χ4v) is 2.53. The van der Waals surface area contributed by atoms with Crippen molar-refractivity contribution < 1.29 is 0 Å². The third kappa shape index (κ3) is 3.05. The van der Waals surface area contributed by atoms with Crippen LogP contribution in [0.15, 0.2) is 46.3 Å². The summed E-state index contributed by atoms with van der Waals surface area (Å²) in [5, 5.41) is 2.38. The zero-order valence-corrected chi connectivity index (χ0v) is 11.0. The highest BCUT2D eigenvalue weighted by Crippen LogP contribution is 2.31. The molecule has 0 saturated heterocycles. The molecule has 0 aliphatic heterocycles. The second-order valence-corrected chi connectivity index (χ2v) is 5.27. The van der Waals surface area contributed by atoms with Crippen LogP contribution in [0.5, 0.6) is 0 Å². The molecule has 0 aliphatic carbocycles. The predicted molar refractivity (Wildman–Crippen MR) is 69.8 cm³/mol. The lowest BCUT2D eigenvalue weighted by Crippen LogP contribution is -1.80. The van der Waals surface area contributed by atoms with E-state index < -0.39 is 0 Å². The topological polar surface area (TPSA) is 12.9 Å². The second-order valence-electron chi connectivity index (χ2n) is 2.98. The van der Waals surface area contributed by atoms with Crippen molar-refractivity contribution in [2.24, 2.45) is 0 Å². The Kier molecular flexibility index (Phi) is 3.98. The minimum Gasteiger partial charge on any atom is -0.229 e. The van der Waals surface area contributed by atoms with Gasteiger partial charge < -0.3 is 0 Å². The van der Waals surface area contributed by atoms with Crippen molar-refractivity contribution >= 4 is 46.6 Å². The first-order valence-electron chi connectivity index (χ1n) is 4.40. The number of pyridine rings is 1. The number of benzene rings is 1. The van der Waals surface area contributed by atoms with Gasteiger partial charge in [-0.15, -0.1) is 0 Å². The Morgan fingerprint density at radius 2 is 1.75 bits per heavy atom.